The van der Waals surface area contributed by atoms with Gasteiger partial charge in [0.2, 0.25) is 0 Å². The van der Waals surface area contributed by atoms with E-state index in [1.807, 2.05) is 20.8 Å². The summed E-state index contributed by atoms with van der Waals surface area (Å²) < 4.78 is 0. The summed E-state index contributed by atoms with van der Waals surface area (Å²) in [6.07, 6.45) is 1.78. The summed E-state index contributed by atoms with van der Waals surface area (Å²) in [5, 5.41) is 12.0. The lowest BCUT2D eigenvalue weighted by Gasteiger charge is -2.34. The molecule has 6 heteroatoms. The second-order valence-electron chi connectivity index (χ2n) is 6.96. The van der Waals surface area contributed by atoms with Gasteiger partial charge < -0.3 is 20.2 Å². The van der Waals surface area contributed by atoms with Gasteiger partial charge in [0, 0.05) is 19.1 Å². The number of hydrogen-bond donors (Lipinski definition) is 2. The van der Waals surface area contributed by atoms with Gasteiger partial charge in [-0.2, -0.15) is 0 Å². The first-order chi connectivity index (χ1) is 9.66. The van der Waals surface area contributed by atoms with Crippen molar-refractivity contribution in [3.63, 3.8) is 0 Å². The SMILES string of the molecule is CCC1CN(C)CCCN1C(=O)N[C@@H](C(=O)O)C(C)(C)C. The predicted octanol–water partition coefficient (Wildman–Crippen LogP) is 1.61. The molecule has 0 aromatic carbocycles. The van der Waals surface area contributed by atoms with Crippen molar-refractivity contribution in [3.05, 3.63) is 0 Å². The number of nitrogens with one attached hydrogen (secondary N) is 1. The van der Waals surface area contributed by atoms with Crippen LogP contribution in [0.15, 0.2) is 0 Å². The van der Waals surface area contributed by atoms with Gasteiger partial charge in [0.25, 0.3) is 0 Å². The Kier molecular flexibility index (Phi) is 6.01. The Morgan fingerprint density at radius 1 is 1.33 bits per heavy atom. The van der Waals surface area contributed by atoms with E-state index < -0.39 is 17.4 Å². The van der Waals surface area contributed by atoms with Crippen molar-refractivity contribution in [1.82, 2.24) is 15.1 Å². The number of carboxylic acid groups (broad SMARTS) is 1. The van der Waals surface area contributed by atoms with Crippen molar-refractivity contribution in [2.45, 2.75) is 52.6 Å². The fourth-order valence-corrected chi connectivity index (χ4v) is 2.72. The fraction of sp³-hybridized carbons (Fsp3) is 0.867. The molecule has 0 aromatic heterocycles. The van der Waals surface area contributed by atoms with Crippen molar-refractivity contribution >= 4 is 12.0 Å². The lowest BCUT2D eigenvalue weighted by molar-refractivity contribution is -0.142. The summed E-state index contributed by atoms with van der Waals surface area (Å²) >= 11 is 0. The van der Waals surface area contributed by atoms with Crippen LogP contribution in [0.3, 0.4) is 0 Å². The third-order valence-electron chi connectivity index (χ3n) is 4.01. The summed E-state index contributed by atoms with van der Waals surface area (Å²) in [7, 11) is 2.05. The molecule has 1 saturated heterocycles. The fourth-order valence-electron chi connectivity index (χ4n) is 2.72. The molecule has 1 unspecified atom stereocenters. The second kappa shape index (κ2) is 7.11. The Morgan fingerprint density at radius 3 is 2.43 bits per heavy atom. The third kappa shape index (κ3) is 4.88. The van der Waals surface area contributed by atoms with E-state index in [4.69, 9.17) is 0 Å². The van der Waals surface area contributed by atoms with Crippen LogP contribution >= 0.6 is 0 Å². The predicted molar refractivity (Wildman–Crippen MR) is 82.3 cm³/mol. The highest BCUT2D eigenvalue weighted by molar-refractivity contribution is 5.83. The van der Waals surface area contributed by atoms with Gasteiger partial charge in [0.15, 0.2) is 0 Å². The molecule has 2 amide bonds. The topological polar surface area (TPSA) is 72.9 Å². The summed E-state index contributed by atoms with van der Waals surface area (Å²) in [6, 6.07) is -1.02. The van der Waals surface area contributed by atoms with Crippen LogP contribution in [0.25, 0.3) is 0 Å². The summed E-state index contributed by atoms with van der Waals surface area (Å²) in [4.78, 5) is 27.9. The van der Waals surface area contributed by atoms with Crippen molar-refractivity contribution in [1.29, 1.82) is 0 Å². The average molecular weight is 299 g/mol. The molecule has 2 N–H and O–H groups in total. The molecule has 0 aliphatic carbocycles. The van der Waals surface area contributed by atoms with E-state index in [9.17, 15) is 14.7 Å². The molecule has 1 aliphatic heterocycles. The van der Waals surface area contributed by atoms with Gasteiger partial charge in [-0.3, -0.25) is 0 Å². The van der Waals surface area contributed by atoms with E-state index in [-0.39, 0.29) is 12.1 Å². The Labute approximate surface area is 127 Å². The minimum absolute atomic E-state index is 0.131. The molecule has 122 valence electrons. The number of amides is 2. The van der Waals surface area contributed by atoms with Gasteiger partial charge >= 0.3 is 12.0 Å². The first-order valence-electron chi connectivity index (χ1n) is 7.65. The molecule has 0 radical (unpaired) electrons. The molecule has 0 saturated carbocycles. The molecule has 1 fully saturated rings. The Morgan fingerprint density at radius 2 is 1.95 bits per heavy atom. The van der Waals surface area contributed by atoms with Crippen LogP contribution in [-0.2, 0) is 4.79 Å². The lowest BCUT2D eigenvalue weighted by atomic mass is 9.87. The maximum atomic E-state index is 12.5. The maximum absolute atomic E-state index is 12.5. The highest BCUT2D eigenvalue weighted by atomic mass is 16.4. The van der Waals surface area contributed by atoms with Gasteiger partial charge in [0.1, 0.15) is 6.04 Å². The largest absolute Gasteiger partial charge is 0.480 e. The van der Waals surface area contributed by atoms with Crippen molar-refractivity contribution < 1.29 is 14.7 Å². The quantitative estimate of drug-likeness (QED) is 0.830. The normalized spacial score (nSPS) is 22.5. The first-order valence-corrected chi connectivity index (χ1v) is 7.65. The van der Waals surface area contributed by atoms with E-state index >= 15 is 0 Å². The van der Waals surface area contributed by atoms with Crippen LogP contribution in [0, 0.1) is 5.41 Å². The van der Waals surface area contributed by atoms with Crippen LogP contribution in [-0.4, -0.2) is 65.7 Å². The number of carbonyl (C=O) groups is 2. The van der Waals surface area contributed by atoms with Gasteiger partial charge in [-0.25, -0.2) is 9.59 Å². The molecular formula is C15H29N3O3. The first kappa shape index (κ1) is 17.8. The summed E-state index contributed by atoms with van der Waals surface area (Å²) in [6.45, 7) is 9.98. The molecule has 2 atom stereocenters. The number of hydrogen-bond acceptors (Lipinski definition) is 3. The number of rotatable bonds is 3. The van der Waals surface area contributed by atoms with Crippen LogP contribution in [0.5, 0.6) is 0 Å². The number of aliphatic carboxylic acids is 1. The number of carboxylic acids is 1. The van der Waals surface area contributed by atoms with Crippen molar-refractivity contribution in [2.75, 3.05) is 26.7 Å². The van der Waals surface area contributed by atoms with E-state index in [1.165, 1.54) is 0 Å². The number of likely N-dealkylation sites (N-methyl/N-ethyl adjacent to an activating group) is 1. The Hall–Kier alpha value is -1.30. The van der Waals surface area contributed by atoms with Gasteiger partial charge in [0.05, 0.1) is 0 Å². The number of urea groups is 1. The lowest BCUT2D eigenvalue weighted by Crippen LogP contribution is -2.56. The minimum Gasteiger partial charge on any atom is -0.480 e. The zero-order valence-corrected chi connectivity index (χ0v) is 13.8. The van der Waals surface area contributed by atoms with Crippen LogP contribution < -0.4 is 5.32 Å². The van der Waals surface area contributed by atoms with Crippen LogP contribution in [0.4, 0.5) is 4.79 Å². The standard InChI is InChI=1S/C15H29N3O3/c1-6-11-10-17(5)8-7-9-18(11)14(21)16-12(13(19)20)15(2,3)4/h11-12H,6-10H2,1-5H3,(H,16,21)(H,19,20)/t11?,12-/m0/s1. The van der Waals surface area contributed by atoms with Crippen molar-refractivity contribution in [2.24, 2.45) is 5.41 Å². The second-order valence-corrected chi connectivity index (χ2v) is 6.96. The molecular weight excluding hydrogens is 270 g/mol. The van der Waals surface area contributed by atoms with E-state index in [2.05, 4.69) is 24.2 Å². The van der Waals surface area contributed by atoms with Gasteiger partial charge in [-0.1, -0.05) is 27.7 Å². The number of nitrogens with zero attached hydrogens (tertiary/aromatic N) is 2. The van der Waals surface area contributed by atoms with E-state index in [0.717, 1.165) is 25.9 Å². The molecule has 1 heterocycles. The highest BCUT2D eigenvalue weighted by Gasteiger charge is 2.35. The van der Waals surface area contributed by atoms with E-state index in [1.54, 1.807) is 4.90 Å². The molecule has 0 bridgehead atoms. The number of carbonyl (C=O) groups excluding carboxylic acids is 1. The van der Waals surface area contributed by atoms with Gasteiger partial charge in [-0.15, -0.1) is 0 Å². The molecule has 0 aromatic rings. The Bertz CT molecular complexity index is 379. The monoisotopic (exact) mass is 299 g/mol. The summed E-state index contributed by atoms with van der Waals surface area (Å²) in [5.41, 5.74) is -0.522. The summed E-state index contributed by atoms with van der Waals surface area (Å²) in [5.74, 6) is -0.990. The maximum Gasteiger partial charge on any atom is 0.326 e. The van der Waals surface area contributed by atoms with E-state index in [0.29, 0.717) is 6.54 Å². The smallest absolute Gasteiger partial charge is 0.326 e. The highest BCUT2D eigenvalue weighted by Crippen LogP contribution is 2.20. The Balaban J connectivity index is 2.82. The molecule has 1 aliphatic rings. The zero-order valence-electron chi connectivity index (χ0n) is 13.8. The molecule has 21 heavy (non-hydrogen) atoms. The molecule has 1 rings (SSSR count). The van der Waals surface area contributed by atoms with Gasteiger partial charge in [-0.05, 0) is 31.8 Å². The third-order valence-corrected chi connectivity index (χ3v) is 4.01. The molecule has 0 spiro atoms. The van der Waals surface area contributed by atoms with Crippen molar-refractivity contribution in [3.8, 4) is 0 Å². The average Bonchev–Trinajstić information content (AvgIpc) is 2.55. The zero-order chi connectivity index (χ0) is 16.2. The molecule has 6 nitrogen and oxygen atoms in total. The van der Waals surface area contributed by atoms with Crippen LogP contribution in [0.1, 0.15) is 40.5 Å². The minimum atomic E-state index is -0.990. The van der Waals surface area contributed by atoms with Crippen LogP contribution in [0.2, 0.25) is 0 Å².